The largest absolute Gasteiger partial charge is 1.00 e. The van der Waals surface area contributed by atoms with Crippen molar-refractivity contribution in [3.8, 4) is 17.4 Å². The number of benzene rings is 1. The molecular weight excluding hydrogens is 368 g/mol. The maximum Gasteiger partial charge on any atom is 0.402 e. The van der Waals surface area contributed by atoms with Crippen molar-refractivity contribution in [2.24, 2.45) is 0 Å². The van der Waals surface area contributed by atoms with E-state index < -0.39 is 5.97 Å². The van der Waals surface area contributed by atoms with Crippen LogP contribution in [0.1, 0.15) is 16.1 Å². The van der Waals surface area contributed by atoms with Crippen LogP contribution in [-0.2, 0) is 0 Å². The van der Waals surface area contributed by atoms with Gasteiger partial charge in [-0.2, -0.15) is 4.57 Å². The average molecular weight is 385 g/mol. The third-order valence-corrected chi connectivity index (χ3v) is 4.35. The third-order valence-electron chi connectivity index (χ3n) is 4.35. The first-order chi connectivity index (χ1) is 12.6. The number of nitrogens with zero attached hydrogens (tertiary/aromatic N) is 3. The predicted octanol–water partition coefficient (Wildman–Crippen LogP) is -0.350. The molecule has 8 heteroatoms. The number of aromatic nitrogens is 4. The van der Waals surface area contributed by atoms with Crippen molar-refractivity contribution in [1.82, 2.24) is 14.5 Å². The SMILES string of the molecule is COc1cc[n+](-c2nc3ccc(-n4cccc4)cc3[nH]2)c(C(=O)O)c1C.[Cl-]. The predicted molar refractivity (Wildman–Crippen MR) is 95.2 cm³/mol. The molecule has 0 saturated carbocycles. The van der Waals surface area contributed by atoms with Crippen LogP contribution < -0.4 is 21.7 Å². The van der Waals surface area contributed by atoms with Crippen LogP contribution in [0.4, 0.5) is 0 Å². The van der Waals surface area contributed by atoms with E-state index in [0.717, 1.165) is 16.7 Å². The van der Waals surface area contributed by atoms with E-state index in [0.29, 0.717) is 17.3 Å². The molecular formula is C19H17ClN4O3. The molecule has 3 aromatic heterocycles. The number of carboxylic acids is 1. The lowest BCUT2D eigenvalue weighted by Crippen LogP contribution is -3.00. The number of rotatable bonds is 4. The lowest BCUT2D eigenvalue weighted by molar-refractivity contribution is -0.606. The van der Waals surface area contributed by atoms with E-state index in [9.17, 15) is 9.90 Å². The molecule has 0 unspecified atom stereocenters. The number of hydrogen-bond acceptors (Lipinski definition) is 3. The number of carbonyl (C=O) groups is 1. The number of aromatic carboxylic acids is 1. The van der Waals surface area contributed by atoms with E-state index in [1.807, 2.05) is 47.3 Å². The lowest BCUT2D eigenvalue weighted by atomic mass is 10.2. The first-order valence-electron chi connectivity index (χ1n) is 8.04. The molecule has 0 atom stereocenters. The first-order valence-corrected chi connectivity index (χ1v) is 8.04. The summed E-state index contributed by atoms with van der Waals surface area (Å²) in [6.45, 7) is 1.71. The average Bonchev–Trinajstić information content (AvgIpc) is 3.29. The number of aromatic amines is 1. The van der Waals surface area contributed by atoms with E-state index in [4.69, 9.17) is 4.74 Å². The Hall–Kier alpha value is -3.32. The van der Waals surface area contributed by atoms with Crippen LogP contribution in [0, 0.1) is 6.92 Å². The number of halogens is 1. The van der Waals surface area contributed by atoms with Crippen LogP contribution in [0.5, 0.6) is 5.75 Å². The molecule has 3 heterocycles. The molecule has 138 valence electrons. The van der Waals surface area contributed by atoms with Gasteiger partial charge in [-0.15, -0.1) is 0 Å². The summed E-state index contributed by atoms with van der Waals surface area (Å²) >= 11 is 0. The molecule has 27 heavy (non-hydrogen) atoms. The first kappa shape index (κ1) is 18.5. The molecule has 0 saturated heterocycles. The quantitative estimate of drug-likeness (QED) is 0.471. The zero-order valence-corrected chi connectivity index (χ0v) is 15.4. The Kier molecular flexibility index (Phi) is 4.87. The Morgan fingerprint density at radius 3 is 2.67 bits per heavy atom. The topological polar surface area (TPSA) is 84.0 Å². The van der Waals surface area contributed by atoms with Crippen molar-refractivity contribution in [3.05, 3.63) is 66.2 Å². The summed E-state index contributed by atoms with van der Waals surface area (Å²) in [7, 11) is 1.52. The second kappa shape index (κ2) is 7.13. The van der Waals surface area contributed by atoms with E-state index in [1.165, 1.54) is 11.7 Å². The molecule has 4 rings (SSSR count). The monoisotopic (exact) mass is 384 g/mol. The fourth-order valence-corrected chi connectivity index (χ4v) is 3.07. The Morgan fingerprint density at radius 1 is 1.26 bits per heavy atom. The van der Waals surface area contributed by atoms with Crippen molar-refractivity contribution >= 4 is 17.0 Å². The van der Waals surface area contributed by atoms with E-state index in [1.54, 1.807) is 19.2 Å². The zero-order chi connectivity index (χ0) is 18.3. The van der Waals surface area contributed by atoms with Crippen molar-refractivity contribution < 1.29 is 31.6 Å². The highest BCUT2D eigenvalue weighted by molar-refractivity contribution is 5.86. The van der Waals surface area contributed by atoms with E-state index in [-0.39, 0.29) is 18.1 Å². The van der Waals surface area contributed by atoms with Crippen molar-refractivity contribution in [3.63, 3.8) is 0 Å². The molecule has 4 aromatic rings. The smallest absolute Gasteiger partial charge is 0.402 e. The number of imidazole rings is 1. The second-order valence-electron chi connectivity index (χ2n) is 5.89. The van der Waals surface area contributed by atoms with Gasteiger partial charge in [0.05, 0.1) is 13.3 Å². The third kappa shape index (κ3) is 3.13. The number of ether oxygens (including phenoxy) is 1. The maximum absolute atomic E-state index is 11.8. The highest BCUT2D eigenvalue weighted by Crippen LogP contribution is 2.21. The van der Waals surface area contributed by atoms with Crippen LogP contribution in [0.3, 0.4) is 0 Å². The van der Waals surface area contributed by atoms with Gasteiger partial charge in [0.25, 0.3) is 0 Å². The van der Waals surface area contributed by atoms with Gasteiger partial charge in [0.15, 0.2) is 11.2 Å². The molecule has 0 radical (unpaired) electrons. The van der Waals surface area contributed by atoms with Gasteiger partial charge in [-0.3, -0.25) is 0 Å². The van der Waals surface area contributed by atoms with Gasteiger partial charge in [-0.05, 0) is 31.2 Å². The zero-order valence-electron chi connectivity index (χ0n) is 14.7. The van der Waals surface area contributed by atoms with Crippen molar-refractivity contribution in [1.29, 1.82) is 0 Å². The van der Waals surface area contributed by atoms with Gasteiger partial charge in [0.1, 0.15) is 11.3 Å². The molecule has 2 N–H and O–H groups in total. The maximum atomic E-state index is 11.8. The van der Waals surface area contributed by atoms with Crippen molar-refractivity contribution in [2.75, 3.05) is 7.11 Å². The number of nitrogens with one attached hydrogen (secondary N) is 1. The van der Waals surface area contributed by atoms with Crippen LogP contribution in [-0.4, -0.2) is 32.7 Å². The van der Waals surface area contributed by atoms with Crippen LogP contribution in [0.25, 0.3) is 22.7 Å². The molecule has 0 aliphatic carbocycles. The second-order valence-corrected chi connectivity index (χ2v) is 5.89. The van der Waals surface area contributed by atoms with Gasteiger partial charge in [0, 0.05) is 35.8 Å². The summed E-state index contributed by atoms with van der Waals surface area (Å²) in [6.07, 6.45) is 5.56. The molecule has 0 amide bonds. The number of pyridine rings is 1. The normalized spacial score (nSPS) is 10.6. The van der Waals surface area contributed by atoms with E-state index in [2.05, 4.69) is 9.97 Å². The highest BCUT2D eigenvalue weighted by Gasteiger charge is 2.25. The Bertz CT molecular complexity index is 1120. The molecule has 0 aliphatic rings. The summed E-state index contributed by atoms with van der Waals surface area (Å²) in [5.74, 6) is -0.0904. The summed E-state index contributed by atoms with van der Waals surface area (Å²) in [4.78, 5) is 19.5. The number of H-pyrrole nitrogens is 1. The number of hydrogen-bond donors (Lipinski definition) is 2. The Morgan fingerprint density at radius 2 is 2.00 bits per heavy atom. The summed E-state index contributed by atoms with van der Waals surface area (Å²) < 4.78 is 8.75. The molecule has 0 fully saturated rings. The summed E-state index contributed by atoms with van der Waals surface area (Å²) in [5, 5.41) is 9.65. The molecule has 0 aliphatic heterocycles. The van der Waals surface area contributed by atoms with Crippen LogP contribution in [0.15, 0.2) is 55.0 Å². The summed E-state index contributed by atoms with van der Waals surface area (Å²) in [6, 6.07) is 11.5. The van der Waals surface area contributed by atoms with E-state index >= 15 is 0 Å². The van der Waals surface area contributed by atoms with Gasteiger partial charge < -0.3 is 26.8 Å². The minimum absolute atomic E-state index is 0. The van der Waals surface area contributed by atoms with Crippen LogP contribution >= 0.6 is 0 Å². The number of carboxylic acid groups (broad SMARTS) is 1. The Labute approximate surface area is 161 Å². The fraction of sp³-hybridized carbons (Fsp3) is 0.105. The van der Waals surface area contributed by atoms with Gasteiger partial charge >= 0.3 is 11.9 Å². The van der Waals surface area contributed by atoms with Gasteiger partial charge in [-0.1, -0.05) is 4.98 Å². The highest BCUT2D eigenvalue weighted by atomic mass is 35.5. The molecule has 0 bridgehead atoms. The van der Waals surface area contributed by atoms with Crippen molar-refractivity contribution in [2.45, 2.75) is 6.92 Å². The minimum Gasteiger partial charge on any atom is -1.00 e. The molecule has 0 spiro atoms. The minimum atomic E-state index is -1.05. The number of methoxy groups -OCH3 is 1. The van der Waals surface area contributed by atoms with Gasteiger partial charge in [0.2, 0.25) is 0 Å². The van der Waals surface area contributed by atoms with Crippen LogP contribution in [0.2, 0.25) is 0 Å². The molecule has 1 aromatic carbocycles. The Balaban J connectivity index is 0.00000210. The fourth-order valence-electron chi connectivity index (χ4n) is 3.07. The summed E-state index contributed by atoms with van der Waals surface area (Å²) in [5.41, 5.74) is 3.22. The number of fused-ring (bicyclic) bond motifs is 1. The van der Waals surface area contributed by atoms with Gasteiger partial charge in [-0.25, -0.2) is 9.78 Å². The standard InChI is InChI=1S/C19H16N4O3.ClH/c1-12-16(26-2)7-10-23(17(12)18(24)25)19-20-14-6-5-13(11-15(14)21-19)22-8-3-4-9-22;/h3-11H,1-2H3,(H-,20,21,24,25);1H. The molecule has 7 nitrogen and oxygen atoms in total. The lowest BCUT2D eigenvalue weighted by Gasteiger charge is -2.09.